The van der Waals surface area contributed by atoms with Crippen LogP contribution >= 0.6 is 0 Å². The maximum atomic E-state index is 13.5. The van der Waals surface area contributed by atoms with Crippen LogP contribution in [0.4, 0.5) is 4.39 Å². The summed E-state index contributed by atoms with van der Waals surface area (Å²) >= 11 is 0. The fraction of sp³-hybridized carbons (Fsp3) is 0.278. The van der Waals surface area contributed by atoms with E-state index in [9.17, 15) is 9.65 Å². The molecule has 0 fully saturated rings. The third-order valence-electron chi connectivity index (χ3n) is 4.37. The molecule has 1 unspecified atom stereocenters. The molecule has 0 radical (unpaired) electrons. The lowest BCUT2D eigenvalue weighted by Crippen LogP contribution is -2.24. The third kappa shape index (κ3) is 2.00. The Kier molecular flexibility index (Phi) is 3.06. The molecule has 0 bridgehead atoms. The van der Waals surface area contributed by atoms with E-state index in [1.165, 1.54) is 11.6 Å². The van der Waals surface area contributed by atoms with Crippen LogP contribution in [0.1, 0.15) is 28.7 Å². The molecule has 3 rings (SSSR count). The highest BCUT2D eigenvalue weighted by Gasteiger charge is 2.39. The Balaban J connectivity index is 2.05. The standard InChI is InChI=1S/C18H16FN/c1-13-6-7-16(19)10-15(13)11-18(12-20)9-8-14-4-2-3-5-17(14)18/h2-7,10H,8-9,11H2,1H3. The van der Waals surface area contributed by atoms with Crippen LogP contribution < -0.4 is 0 Å². The fourth-order valence-electron chi connectivity index (χ4n) is 3.18. The highest BCUT2D eigenvalue weighted by molar-refractivity contribution is 5.46. The summed E-state index contributed by atoms with van der Waals surface area (Å²) < 4.78 is 13.5. The Morgan fingerprint density at radius 1 is 1.25 bits per heavy atom. The lowest BCUT2D eigenvalue weighted by atomic mass is 9.77. The molecular formula is C18H16FN. The maximum Gasteiger partial charge on any atom is 0.123 e. The molecule has 1 aliphatic rings. The quantitative estimate of drug-likeness (QED) is 0.802. The number of nitrogens with zero attached hydrogens (tertiary/aromatic N) is 1. The van der Waals surface area contributed by atoms with Crippen LogP contribution in [0.5, 0.6) is 0 Å². The summed E-state index contributed by atoms with van der Waals surface area (Å²) in [5, 5.41) is 9.74. The van der Waals surface area contributed by atoms with Gasteiger partial charge >= 0.3 is 0 Å². The molecule has 0 amide bonds. The first-order valence-corrected chi connectivity index (χ1v) is 6.89. The van der Waals surface area contributed by atoms with Crippen molar-refractivity contribution in [3.63, 3.8) is 0 Å². The first kappa shape index (κ1) is 12.9. The molecule has 0 saturated carbocycles. The molecule has 100 valence electrons. The van der Waals surface area contributed by atoms with Crippen molar-refractivity contribution in [1.82, 2.24) is 0 Å². The van der Waals surface area contributed by atoms with E-state index in [4.69, 9.17) is 0 Å². The van der Waals surface area contributed by atoms with Crippen molar-refractivity contribution >= 4 is 0 Å². The number of rotatable bonds is 2. The predicted molar refractivity (Wildman–Crippen MR) is 76.9 cm³/mol. The lowest BCUT2D eigenvalue weighted by Gasteiger charge is -2.23. The minimum absolute atomic E-state index is 0.232. The summed E-state index contributed by atoms with van der Waals surface area (Å²) in [6.07, 6.45) is 2.33. The lowest BCUT2D eigenvalue weighted by molar-refractivity contribution is 0.536. The van der Waals surface area contributed by atoms with Gasteiger partial charge in [-0.25, -0.2) is 4.39 Å². The van der Waals surface area contributed by atoms with Gasteiger partial charge in [-0.05, 0) is 60.6 Å². The second-order valence-electron chi connectivity index (χ2n) is 5.60. The maximum absolute atomic E-state index is 13.5. The van der Waals surface area contributed by atoms with E-state index in [-0.39, 0.29) is 5.82 Å². The van der Waals surface area contributed by atoms with Crippen LogP contribution in [-0.2, 0) is 18.3 Å². The molecule has 0 saturated heterocycles. The van der Waals surface area contributed by atoms with Gasteiger partial charge in [0, 0.05) is 0 Å². The summed E-state index contributed by atoms with van der Waals surface area (Å²) in [6, 6.07) is 15.5. The fourth-order valence-corrected chi connectivity index (χ4v) is 3.18. The number of benzene rings is 2. The number of halogens is 1. The van der Waals surface area contributed by atoms with Crippen molar-refractivity contribution in [2.75, 3.05) is 0 Å². The zero-order chi connectivity index (χ0) is 14.2. The molecule has 2 aromatic rings. The van der Waals surface area contributed by atoms with Gasteiger partial charge in [0.05, 0.1) is 11.5 Å². The van der Waals surface area contributed by atoms with Gasteiger partial charge in [-0.3, -0.25) is 0 Å². The van der Waals surface area contributed by atoms with Gasteiger partial charge in [0.1, 0.15) is 5.82 Å². The molecule has 0 spiro atoms. The zero-order valence-electron chi connectivity index (χ0n) is 11.5. The Morgan fingerprint density at radius 3 is 2.85 bits per heavy atom. The van der Waals surface area contributed by atoms with Crippen molar-refractivity contribution in [3.8, 4) is 6.07 Å². The second kappa shape index (κ2) is 4.76. The van der Waals surface area contributed by atoms with Crippen molar-refractivity contribution in [2.24, 2.45) is 0 Å². The molecule has 0 aliphatic heterocycles. The van der Waals surface area contributed by atoms with Gasteiger partial charge in [-0.2, -0.15) is 5.26 Å². The summed E-state index contributed by atoms with van der Waals surface area (Å²) in [6.45, 7) is 1.97. The summed E-state index contributed by atoms with van der Waals surface area (Å²) in [5.41, 5.74) is 3.85. The minimum Gasteiger partial charge on any atom is -0.207 e. The number of fused-ring (bicyclic) bond motifs is 1. The minimum atomic E-state index is -0.505. The van der Waals surface area contributed by atoms with Crippen LogP contribution in [0.3, 0.4) is 0 Å². The number of aryl methyl sites for hydroxylation is 2. The van der Waals surface area contributed by atoms with Gasteiger partial charge in [0.15, 0.2) is 0 Å². The molecule has 1 nitrogen and oxygen atoms in total. The highest BCUT2D eigenvalue weighted by atomic mass is 19.1. The molecule has 2 heteroatoms. The number of hydrogen-bond acceptors (Lipinski definition) is 1. The Bertz CT molecular complexity index is 699. The topological polar surface area (TPSA) is 23.8 Å². The van der Waals surface area contributed by atoms with Crippen LogP contribution in [0, 0.1) is 24.1 Å². The van der Waals surface area contributed by atoms with Crippen LogP contribution in [-0.4, -0.2) is 0 Å². The number of nitriles is 1. The molecule has 0 aromatic heterocycles. The van der Waals surface area contributed by atoms with E-state index < -0.39 is 5.41 Å². The van der Waals surface area contributed by atoms with Gasteiger partial charge in [-0.15, -0.1) is 0 Å². The van der Waals surface area contributed by atoms with E-state index in [1.807, 2.05) is 25.1 Å². The molecule has 2 aromatic carbocycles. The largest absolute Gasteiger partial charge is 0.207 e. The van der Waals surface area contributed by atoms with E-state index in [1.54, 1.807) is 12.1 Å². The smallest absolute Gasteiger partial charge is 0.123 e. The molecule has 1 atom stereocenters. The summed E-state index contributed by atoms with van der Waals surface area (Å²) in [5.74, 6) is -0.232. The molecular weight excluding hydrogens is 249 g/mol. The van der Waals surface area contributed by atoms with Crippen LogP contribution in [0.25, 0.3) is 0 Å². The predicted octanol–water partition coefficient (Wildman–Crippen LogP) is 4.08. The zero-order valence-corrected chi connectivity index (χ0v) is 11.5. The normalized spacial score (nSPS) is 20.4. The second-order valence-corrected chi connectivity index (χ2v) is 5.60. The summed E-state index contributed by atoms with van der Waals surface area (Å²) in [7, 11) is 0. The Labute approximate surface area is 118 Å². The summed E-state index contributed by atoms with van der Waals surface area (Å²) in [4.78, 5) is 0. The van der Waals surface area contributed by atoms with Crippen LogP contribution in [0.2, 0.25) is 0 Å². The van der Waals surface area contributed by atoms with Crippen molar-refractivity contribution in [3.05, 3.63) is 70.5 Å². The van der Waals surface area contributed by atoms with Gasteiger partial charge in [0.2, 0.25) is 0 Å². The van der Waals surface area contributed by atoms with Gasteiger partial charge < -0.3 is 0 Å². The molecule has 0 heterocycles. The Morgan fingerprint density at radius 2 is 2.05 bits per heavy atom. The van der Waals surface area contributed by atoms with Gasteiger partial charge in [-0.1, -0.05) is 30.3 Å². The number of hydrogen-bond donors (Lipinski definition) is 0. The molecule has 20 heavy (non-hydrogen) atoms. The molecule has 0 N–H and O–H groups in total. The van der Waals surface area contributed by atoms with Crippen molar-refractivity contribution in [2.45, 2.75) is 31.6 Å². The SMILES string of the molecule is Cc1ccc(F)cc1CC1(C#N)CCc2ccccc21. The first-order chi connectivity index (χ1) is 9.64. The van der Waals surface area contributed by atoms with E-state index in [0.29, 0.717) is 6.42 Å². The van der Waals surface area contributed by atoms with E-state index in [0.717, 1.165) is 29.5 Å². The highest BCUT2D eigenvalue weighted by Crippen LogP contribution is 2.41. The third-order valence-corrected chi connectivity index (χ3v) is 4.37. The van der Waals surface area contributed by atoms with E-state index in [2.05, 4.69) is 12.1 Å². The average molecular weight is 265 g/mol. The molecule has 1 aliphatic carbocycles. The Hall–Kier alpha value is -2.14. The van der Waals surface area contributed by atoms with Crippen LogP contribution in [0.15, 0.2) is 42.5 Å². The van der Waals surface area contributed by atoms with Gasteiger partial charge in [0.25, 0.3) is 0 Å². The average Bonchev–Trinajstić information content (AvgIpc) is 2.83. The monoisotopic (exact) mass is 265 g/mol. The van der Waals surface area contributed by atoms with Crippen molar-refractivity contribution in [1.29, 1.82) is 5.26 Å². The van der Waals surface area contributed by atoms with Crippen molar-refractivity contribution < 1.29 is 4.39 Å². The van der Waals surface area contributed by atoms with E-state index >= 15 is 0 Å². The first-order valence-electron chi connectivity index (χ1n) is 6.89.